The Kier molecular flexibility index (Phi) is 15.6. The van der Waals surface area contributed by atoms with Crippen molar-refractivity contribution >= 4 is 33.7 Å². The molecule has 0 aliphatic rings. The van der Waals surface area contributed by atoms with Crippen molar-refractivity contribution in [3.05, 3.63) is 11.5 Å². The van der Waals surface area contributed by atoms with Crippen molar-refractivity contribution in [3.63, 3.8) is 0 Å². The van der Waals surface area contributed by atoms with E-state index in [0.717, 1.165) is 11.7 Å². The van der Waals surface area contributed by atoms with Crippen LogP contribution in [0.3, 0.4) is 0 Å². The summed E-state index contributed by atoms with van der Waals surface area (Å²) in [7, 11) is -3.39. The van der Waals surface area contributed by atoms with Gasteiger partial charge >= 0.3 is 12.0 Å². The highest BCUT2D eigenvalue weighted by Gasteiger charge is 2.33. The van der Waals surface area contributed by atoms with Gasteiger partial charge in [0.2, 0.25) is 11.8 Å². The first-order chi connectivity index (χ1) is 18.5. The normalized spacial score (nSPS) is 15.5. The first-order valence-electron chi connectivity index (χ1n) is 14.3. The zero-order chi connectivity index (χ0) is 32.3. The Labute approximate surface area is 247 Å². The second-order valence-electron chi connectivity index (χ2n) is 13.2. The van der Waals surface area contributed by atoms with E-state index in [-0.39, 0.29) is 23.7 Å². The summed E-state index contributed by atoms with van der Waals surface area (Å²) in [6.07, 6.45) is 3.35. The zero-order valence-corrected chi connectivity index (χ0v) is 27.8. The van der Waals surface area contributed by atoms with Gasteiger partial charge in [-0.25, -0.2) is 18.0 Å². The summed E-state index contributed by atoms with van der Waals surface area (Å²) in [6, 6.07) is -4.10. The quantitative estimate of drug-likeness (QED) is 0.209. The SMILES string of the molecule is CC(C)C[C@@H](/C=C/S(C)(=O)=O)NC(=O)[C@H](CC(C)C)NC(=O)[C@@H](NC(=O)N[C@H](C(=O)OC(C)(C)C)C(C)C)C(C)C. The molecule has 238 valence electrons. The van der Waals surface area contributed by atoms with Gasteiger partial charge in [0, 0.05) is 17.7 Å². The van der Waals surface area contributed by atoms with E-state index < -0.39 is 63.4 Å². The average molecular weight is 603 g/mol. The molecule has 0 rings (SSSR count). The lowest BCUT2D eigenvalue weighted by Gasteiger charge is -2.29. The minimum atomic E-state index is -3.39. The summed E-state index contributed by atoms with van der Waals surface area (Å²) < 4.78 is 28.7. The molecule has 0 aromatic heterocycles. The van der Waals surface area contributed by atoms with E-state index in [2.05, 4.69) is 21.3 Å². The zero-order valence-electron chi connectivity index (χ0n) is 27.0. The number of sulfone groups is 1. The highest BCUT2D eigenvalue weighted by atomic mass is 32.2. The molecule has 4 atom stereocenters. The highest BCUT2D eigenvalue weighted by Crippen LogP contribution is 2.14. The Hall–Kier alpha value is -2.63. The lowest BCUT2D eigenvalue weighted by molar-refractivity contribution is -0.158. The van der Waals surface area contributed by atoms with Gasteiger partial charge in [-0.1, -0.05) is 61.5 Å². The monoisotopic (exact) mass is 602 g/mol. The number of nitrogens with one attached hydrogen (secondary N) is 4. The van der Waals surface area contributed by atoms with Crippen molar-refractivity contribution in [3.8, 4) is 0 Å². The summed E-state index contributed by atoms with van der Waals surface area (Å²) in [4.78, 5) is 52.2. The molecular weight excluding hydrogens is 548 g/mol. The van der Waals surface area contributed by atoms with Gasteiger partial charge in [0.15, 0.2) is 9.84 Å². The fourth-order valence-electron chi connectivity index (χ4n) is 3.90. The van der Waals surface area contributed by atoms with Crippen molar-refractivity contribution in [2.75, 3.05) is 6.26 Å². The van der Waals surface area contributed by atoms with E-state index in [1.54, 1.807) is 48.5 Å². The largest absolute Gasteiger partial charge is 0.458 e. The number of amides is 4. The third-order valence-corrected chi connectivity index (χ3v) is 6.45. The second kappa shape index (κ2) is 16.7. The van der Waals surface area contributed by atoms with Crippen LogP contribution in [0.4, 0.5) is 4.79 Å². The molecule has 0 spiro atoms. The lowest BCUT2D eigenvalue weighted by Crippen LogP contribution is -2.59. The predicted molar refractivity (Wildman–Crippen MR) is 162 cm³/mol. The molecule has 0 aliphatic carbocycles. The van der Waals surface area contributed by atoms with Gasteiger partial charge in [0.25, 0.3) is 0 Å². The molecule has 4 N–H and O–H groups in total. The first-order valence-corrected chi connectivity index (χ1v) is 16.3. The third kappa shape index (κ3) is 17.0. The van der Waals surface area contributed by atoms with E-state index in [1.165, 1.54) is 6.08 Å². The Morgan fingerprint density at radius 3 is 1.63 bits per heavy atom. The Balaban J connectivity index is 5.76. The molecule has 41 heavy (non-hydrogen) atoms. The third-order valence-electron chi connectivity index (χ3n) is 5.80. The van der Waals surface area contributed by atoms with Crippen LogP contribution in [-0.2, 0) is 29.0 Å². The van der Waals surface area contributed by atoms with Crippen LogP contribution < -0.4 is 21.3 Å². The summed E-state index contributed by atoms with van der Waals surface area (Å²) in [6.45, 7) is 20.0. The molecule has 0 aliphatic heterocycles. The van der Waals surface area contributed by atoms with Crippen LogP contribution in [-0.4, -0.2) is 68.3 Å². The molecule has 0 heterocycles. The molecule has 12 heteroatoms. The van der Waals surface area contributed by atoms with E-state index in [1.807, 2.05) is 27.7 Å². The minimum absolute atomic E-state index is 0.0514. The van der Waals surface area contributed by atoms with Gasteiger partial charge in [-0.2, -0.15) is 0 Å². The lowest BCUT2D eigenvalue weighted by atomic mass is 9.99. The Morgan fingerprint density at radius 2 is 1.22 bits per heavy atom. The van der Waals surface area contributed by atoms with Crippen LogP contribution in [0.15, 0.2) is 11.5 Å². The molecule has 11 nitrogen and oxygen atoms in total. The van der Waals surface area contributed by atoms with Crippen LogP contribution in [0.2, 0.25) is 0 Å². The van der Waals surface area contributed by atoms with Gasteiger partial charge < -0.3 is 26.0 Å². The van der Waals surface area contributed by atoms with Gasteiger partial charge in [-0.15, -0.1) is 0 Å². The second-order valence-corrected chi connectivity index (χ2v) is 15.1. The number of esters is 1. The summed E-state index contributed by atoms with van der Waals surface area (Å²) >= 11 is 0. The fourth-order valence-corrected chi connectivity index (χ4v) is 4.38. The van der Waals surface area contributed by atoms with Gasteiger partial charge in [0.1, 0.15) is 23.7 Å². The van der Waals surface area contributed by atoms with Crippen molar-refractivity contribution in [2.24, 2.45) is 23.7 Å². The van der Waals surface area contributed by atoms with E-state index >= 15 is 0 Å². The van der Waals surface area contributed by atoms with Gasteiger partial charge in [-0.05, 0) is 57.3 Å². The standard InChI is InChI=1S/C29H54N4O7S/c1-17(2)15-21(13-14-41(12,38)39)30-25(34)22(16-18(3)4)31-26(35)23(19(5)6)32-28(37)33-24(20(7)8)27(36)40-29(9,10)11/h13-14,17-24H,15-16H2,1-12H3,(H,30,34)(H,31,35)(H2,32,33,37)/b14-13+/t21-,22+,23+,24+/m1/s1. The summed E-state index contributed by atoms with van der Waals surface area (Å²) in [5, 5.41) is 11.9. The molecule has 0 unspecified atom stereocenters. The van der Waals surface area contributed by atoms with Crippen molar-refractivity contribution in [2.45, 2.75) is 119 Å². The molecule has 0 radical (unpaired) electrons. The molecule has 0 aromatic rings. The molecule has 4 amide bonds. The topological polar surface area (TPSA) is 160 Å². The smallest absolute Gasteiger partial charge is 0.329 e. The summed E-state index contributed by atoms with van der Waals surface area (Å²) in [5.74, 6) is -1.97. The number of hydrogen-bond acceptors (Lipinski definition) is 7. The maximum atomic E-state index is 13.4. The van der Waals surface area contributed by atoms with Gasteiger partial charge in [-0.3, -0.25) is 9.59 Å². The van der Waals surface area contributed by atoms with E-state index in [9.17, 15) is 27.6 Å². The number of urea groups is 1. The molecular formula is C29H54N4O7S. The highest BCUT2D eigenvalue weighted by molar-refractivity contribution is 7.93. The van der Waals surface area contributed by atoms with E-state index in [4.69, 9.17) is 4.74 Å². The van der Waals surface area contributed by atoms with Crippen molar-refractivity contribution in [1.29, 1.82) is 0 Å². The van der Waals surface area contributed by atoms with Crippen LogP contribution in [0.5, 0.6) is 0 Å². The Morgan fingerprint density at radius 1 is 0.732 bits per heavy atom. The molecule has 0 fully saturated rings. The first kappa shape index (κ1) is 38.4. The molecule has 0 saturated carbocycles. The summed E-state index contributed by atoms with van der Waals surface area (Å²) in [5.41, 5.74) is -0.733. The number of carbonyl (C=O) groups excluding carboxylic acids is 4. The van der Waals surface area contributed by atoms with Crippen molar-refractivity contribution in [1.82, 2.24) is 21.3 Å². The van der Waals surface area contributed by atoms with Crippen LogP contribution in [0.1, 0.15) is 89.0 Å². The van der Waals surface area contributed by atoms with E-state index in [0.29, 0.717) is 12.8 Å². The van der Waals surface area contributed by atoms with Crippen LogP contribution >= 0.6 is 0 Å². The Bertz CT molecular complexity index is 1010. The molecule has 0 saturated heterocycles. The maximum absolute atomic E-state index is 13.4. The van der Waals surface area contributed by atoms with Crippen LogP contribution in [0, 0.1) is 23.7 Å². The minimum Gasteiger partial charge on any atom is -0.458 e. The van der Waals surface area contributed by atoms with Crippen molar-refractivity contribution < 1.29 is 32.3 Å². The predicted octanol–water partition coefficient (Wildman–Crippen LogP) is 3.30. The number of hydrogen-bond donors (Lipinski definition) is 4. The maximum Gasteiger partial charge on any atom is 0.329 e. The molecule has 0 bridgehead atoms. The van der Waals surface area contributed by atoms with Crippen LogP contribution in [0.25, 0.3) is 0 Å². The average Bonchev–Trinajstić information content (AvgIpc) is 2.76. The number of carbonyl (C=O) groups is 4. The number of ether oxygens (including phenoxy) is 1. The van der Waals surface area contributed by atoms with Gasteiger partial charge in [0.05, 0.1) is 0 Å². The fraction of sp³-hybridized carbons (Fsp3) is 0.793. The molecule has 0 aromatic carbocycles. The number of rotatable bonds is 15.